The van der Waals surface area contributed by atoms with Crippen molar-refractivity contribution in [3.05, 3.63) is 12.2 Å². The number of nitrogens with zero attached hydrogens (tertiary/aromatic N) is 2. The molecule has 0 aliphatic heterocycles. The minimum absolute atomic E-state index is 0.165. The summed E-state index contributed by atoms with van der Waals surface area (Å²) in [6, 6.07) is 0. The van der Waals surface area contributed by atoms with Crippen molar-refractivity contribution in [2.45, 2.75) is 36.9 Å². The van der Waals surface area contributed by atoms with Crippen molar-refractivity contribution in [1.82, 2.24) is 20.5 Å². The molecule has 5 nitrogen and oxygen atoms in total. The number of aromatic amines is 1. The van der Waals surface area contributed by atoms with Gasteiger partial charge < -0.3 is 5.32 Å². The van der Waals surface area contributed by atoms with Crippen LogP contribution in [0.25, 0.3) is 0 Å². The second-order valence-electron chi connectivity index (χ2n) is 4.46. The van der Waals surface area contributed by atoms with Gasteiger partial charge in [-0.1, -0.05) is 19.3 Å². The van der Waals surface area contributed by atoms with Crippen molar-refractivity contribution in [3.63, 3.8) is 0 Å². The van der Waals surface area contributed by atoms with Crippen LogP contribution in [-0.4, -0.2) is 38.6 Å². The van der Waals surface area contributed by atoms with E-state index in [-0.39, 0.29) is 16.5 Å². The van der Waals surface area contributed by atoms with Gasteiger partial charge in [0.2, 0.25) is 5.82 Å². The van der Waals surface area contributed by atoms with Gasteiger partial charge in [0.05, 0.1) is 0 Å². The van der Waals surface area contributed by atoms with Crippen LogP contribution in [0.5, 0.6) is 0 Å². The highest BCUT2D eigenvalue weighted by Gasteiger charge is 2.31. The average molecular weight is 254 g/mol. The smallest absolute Gasteiger partial charge is 0.288 e. The predicted molar refractivity (Wildman–Crippen MR) is 68.0 cm³/mol. The molecule has 2 rings (SSSR count). The number of hydrogen-bond acceptors (Lipinski definition) is 4. The molecular weight excluding hydrogens is 236 g/mol. The third kappa shape index (κ3) is 3.00. The van der Waals surface area contributed by atoms with Gasteiger partial charge in [0.15, 0.2) is 0 Å². The number of thioether (sulfide) groups is 1. The number of carbonyl (C=O) groups is 1. The largest absolute Gasteiger partial charge is 0.348 e. The van der Waals surface area contributed by atoms with E-state index in [1.807, 2.05) is 11.8 Å². The minimum Gasteiger partial charge on any atom is -0.348 e. The Morgan fingerprint density at radius 3 is 2.88 bits per heavy atom. The molecule has 1 saturated carbocycles. The zero-order valence-corrected chi connectivity index (χ0v) is 10.8. The number of H-pyrrole nitrogens is 1. The quantitative estimate of drug-likeness (QED) is 0.856. The van der Waals surface area contributed by atoms with Crippen LogP contribution in [0.4, 0.5) is 0 Å². The molecule has 1 heterocycles. The van der Waals surface area contributed by atoms with Crippen molar-refractivity contribution < 1.29 is 4.79 Å². The Morgan fingerprint density at radius 2 is 2.29 bits per heavy atom. The van der Waals surface area contributed by atoms with Crippen LogP contribution < -0.4 is 5.32 Å². The molecular formula is C11H18N4OS. The summed E-state index contributed by atoms with van der Waals surface area (Å²) in [6.45, 7) is 0.716. The molecule has 1 aromatic rings. The Balaban J connectivity index is 1.89. The molecule has 94 valence electrons. The summed E-state index contributed by atoms with van der Waals surface area (Å²) in [5.41, 5.74) is 0. The fraction of sp³-hybridized carbons (Fsp3) is 0.727. The lowest BCUT2D eigenvalue weighted by Crippen LogP contribution is -2.42. The Labute approximate surface area is 105 Å². The Kier molecular flexibility index (Phi) is 4.04. The van der Waals surface area contributed by atoms with Gasteiger partial charge in [-0.3, -0.25) is 9.89 Å². The molecule has 0 saturated heterocycles. The maximum absolute atomic E-state index is 11.8. The van der Waals surface area contributed by atoms with Gasteiger partial charge in [0.1, 0.15) is 6.33 Å². The van der Waals surface area contributed by atoms with E-state index < -0.39 is 0 Å². The second-order valence-corrected chi connectivity index (χ2v) is 5.74. The summed E-state index contributed by atoms with van der Waals surface area (Å²) >= 11 is 1.87. The van der Waals surface area contributed by atoms with Gasteiger partial charge in [-0.05, 0) is 19.1 Å². The number of carbonyl (C=O) groups excluding carboxylic acids is 1. The molecule has 1 aliphatic rings. The Morgan fingerprint density at radius 1 is 1.53 bits per heavy atom. The average Bonchev–Trinajstić information content (AvgIpc) is 2.91. The lowest BCUT2D eigenvalue weighted by molar-refractivity contribution is 0.0937. The monoisotopic (exact) mass is 254 g/mol. The van der Waals surface area contributed by atoms with E-state index in [0.717, 1.165) is 0 Å². The molecule has 1 fully saturated rings. The number of rotatable bonds is 4. The lowest BCUT2D eigenvalue weighted by Gasteiger charge is -2.35. The molecule has 0 atom stereocenters. The van der Waals surface area contributed by atoms with E-state index in [1.165, 1.54) is 38.4 Å². The van der Waals surface area contributed by atoms with E-state index in [2.05, 4.69) is 26.8 Å². The maximum atomic E-state index is 11.8. The Hall–Kier alpha value is -1.04. The van der Waals surface area contributed by atoms with Crippen LogP contribution in [0.3, 0.4) is 0 Å². The molecule has 2 N–H and O–H groups in total. The van der Waals surface area contributed by atoms with Crippen LogP contribution >= 0.6 is 11.8 Å². The molecule has 1 aliphatic carbocycles. The van der Waals surface area contributed by atoms with Gasteiger partial charge in [-0.25, -0.2) is 4.98 Å². The standard InChI is InChI=1S/C11H18N4OS/c1-17-11(5-3-2-4-6-11)7-12-10(16)9-13-8-14-15-9/h8H,2-7H2,1H3,(H,12,16)(H,13,14,15). The zero-order chi connectivity index (χ0) is 12.1. The van der Waals surface area contributed by atoms with Gasteiger partial charge in [-0.2, -0.15) is 16.9 Å². The van der Waals surface area contributed by atoms with Crippen LogP contribution in [-0.2, 0) is 0 Å². The summed E-state index contributed by atoms with van der Waals surface area (Å²) in [4.78, 5) is 15.6. The Bertz CT molecular complexity index is 360. The van der Waals surface area contributed by atoms with Crippen molar-refractivity contribution in [1.29, 1.82) is 0 Å². The van der Waals surface area contributed by atoms with Crippen molar-refractivity contribution in [2.75, 3.05) is 12.8 Å². The first-order chi connectivity index (χ1) is 8.26. The van der Waals surface area contributed by atoms with Gasteiger partial charge in [0, 0.05) is 11.3 Å². The molecule has 0 unspecified atom stereocenters. The number of hydrogen-bond donors (Lipinski definition) is 2. The number of amides is 1. The third-order valence-corrected chi connectivity index (χ3v) is 4.82. The first-order valence-corrected chi connectivity index (χ1v) is 7.17. The van der Waals surface area contributed by atoms with E-state index >= 15 is 0 Å². The van der Waals surface area contributed by atoms with Gasteiger partial charge in [0.25, 0.3) is 5.91 Å². The topological polar surface area (TPSA) is 70.7 Å². The SMILES string of the molecule is CSC1(CNC(=O)c2ncn[nH]2)CCCCC1. The van der Waals surface area contributed by atoms with E-state index in [4.69, 9.17) is 0 Å². The first kappa shape index (κ1) is 12.4. The van der Waals surface area contributed by atoms with Crippen LogP contribution in [0, 0.1) is 0 Å². The summed E-state index contributed by atoms with van der Waals surface area (Å²) in [5, 5.41) is 9.20. The summed E-state index contributed by atoms with van der Waals surface area (Å²) in [6.07, 6.45) is 9.69. The normalized spacial score (nSPS) is 18.9. The highest BCUT2D eigenvalue weighted by Crippen LogP contribution is 2.37. The van der Waals surface area contributed by atoms with Crippen molar-refractivity contribution in [2.24, 2.45) is 0 Å². The number of nitrogens with one attached hydrogen (secondary N) is 2. The fourth-order valence-electron chi connectivity index (χ4n) is 2.29. The summed E-state index contributed by atoms with van der Waals surface area (Å²) < 4.78 is 0.216. The van der Waals surface area contributed by atoms with Crippen molar-refractivity contribution >= 4 is 17.7 Å². The minimum atomic E-state index is -0.165. The zero-order valence-electron chi connectivity index (χ0n) is 10.0. The van der Waals surface area contributed by atoms with Crippen LogP contribution in [0.1, 0.15) is 42.7 Å². The third-order valence-electron chi connectivity index (χ3n) is 3.40. The molecule has 1 amide bonds. The second kappa shape index (κ2) is 5.53. The summed E-state index contributed by atoms with van der Waals surface area (Å²) in [5.74, 6) is 0.124. The molecule has 0 bridgehead atoms. The molecule has 0 spiro atoms. The lowest BCUT2D eigenvalue weighted by atomic mass is 9.88. The molecule has 1 aromatic heterocycles. The van der Waals surface area contributed by atoms with Gasteiger partial charge >= 0.3 is 0 Å². The van der Waals surface area contributed by atoms with E-state index in [0.29, 0.717) is 6.54 Å². The van der Waals surface area contributed by atoms with Crippen molar-refractivity contribution in [3.8, 4) is 0 Å². The number of aromatic nitrogens is 3. The van der Waals surface area contributed by atoms with Gasteiger partial charge in [-0.15, -0.1) is 0 Å². The van der Waals surface area contributed by atoms with E-state index in [1.54, 1.807) is 0 Å². The molecule has 0 radical (unpaired) electrons. The van der Waals surface area contributed by atoms with E-state index in [9.17, 15) is 4.79 Å². The van der Waals surface area contributed by atoms with Crippen LogP contribution in [0.2, 0.25) is 0 Å². The molecule has 0 aromatic carbocycles. The summed E-state index contributed by atoms with van der Waals surface area (Å²) in [7, 11) is 0. The first-order valence-electron chi connectivity index (χ1n) is 5.94. The molecule has 17 heavy (non-hydrogen) atoms. The highest BCUT2D eigenvalue weighted by atomic mass is 32.2. The fourth-order valence-corrected chi connectivity index (χ4v) is 3.20. The van der Waals surface area contributed by atoms with Crippen LogP contribution in [0.15, 0.2) is 6.33 Å². The highest BCUT2D eigenvalue weighted by molar-refractivity contribution is 8.00. The maximum Gasteiger partial charge on any atom is 0.288 e. The molecule has 6 heteroatoms. The predicted octanol–water partition coefficient (Wildman–Crippen LogP) is 1.60.